The smallest absolute Gasteiger partial charge is 0.410 e. The molecular formula is C15H21N3O2. The highest BCUT2D eigenvalue weighted by Gasteiger charge is 2.37. The van der Waals surface area contributed by atoms with Crippen molar-refractivity contribution in [2.45, 2.75) is 44.8 Å². The Hall–Kier alpha value is -1.96. The maximum Gasteiger partial charge on any atom is 0.410 e. The third-order valence-electron chi connectivity index (χ3n) is 3.45. The van der Waals surface area contributed by atoms with Crippen LogP contribution in [0.1, 0.15) is 33.6 Å². The molecular weight excluding hydrogens is 254 g/mol. The normalized spacial score (nSPS) is 18.4. The molecule has 1 amide bonds. The number of carbonyl (C=O) groups excluding carboxylic acids is 1. The van der Waals surface area contributed by atoms with Crippen molar-refractivity contribution in [3.63, 3.8) is 0 Å². The van der Waals surface area contributed by atoms with E-state index in [4.69, 9.17) is 11.2 Å². The number of nitrogens with zero attached hydrogens (tertiary/aromatic N) is 3. The molecule has 5 nitrogen and oxygen atoms in total. The van der Waals surface area contributed by atoms with Crippen LogP contribution < -0.4 is 0 Å². The monoisotopic (exact) mass is 275 g/mol. The Morgan fingerprint density at radius 1 is 1.40 bits per heavy atom. The first kappa shape index (κ1) is 14.4. The van der Waals surface area contributed by atoms with E-state index in [1.165, 1.54) is 0 Å². The molecule has 0 bridgehead atoms. The molecule has 0 atom stereocenters. The Morgan fingerprint density at radius 3 is 2.50 bits per heavy atom. The minimum absolute atomic E-state index is 0.274. The molecule has 0 unspecified atom stereocenters. The van der Waals surface area contributed by atoms with Crippen molar-refractivity contribution < 1.29 is 9.53 Å². The Balaban J connectivity index is 2.02. The van der Waals surface area contributed by atoms with Crippen LogP contribution in [0.25, 0.3) is 0 Å². The van der Waals surface area contributed by atoms with Gasteiger partial charge in [-0.2, -0.15) is 5.10 Å². The van der Waals surface area contributed by atoms with Gasteiger partial charge in [-0.05, 0) is 26.8 Å². The number of terminal acetylenes is 1. The molecule has 0 radical (unpaired) electrons. The van der Waals surface area contributed by atoms with Gasteiger partial charge >= 0.3 is 6.09 Å². The lowest BCUT2D eigenvalue weighted by Gasteiger charge is -2.38. The number of aromatic nitrogens is 2. The molecule has 2 rings (SSSR count). The second kappa shape index (κ2) is 5.20. The molecule has 2 heterocycles. The average molecular weight is 275 g/mol. The lowest BCUT2D eigenvalue weighted by atomic mass is 9.88. The summed E-state index contributed by atoms with van der Waals surface area (Å²) in [5.41, 5.74) is -0.901. The average Bonchev–Trinajstić information content (AvgIpc) is 2.91. The van der Waals surface area contributed by atoms with Gasteiger partial charge in [0.25, 0.3) is 0 Å². The maximum absolute atomic E-state index is 12.0. The zero-order valence-electron chi connectivity index (χ0n) is 12.3. The minimum Gasteiger partial charge on any atom is -0.444 e. The summed E-state index contributed by atoms with van der Waals surface area (Å²) in [6.07, 6.45) is 10.4. The number of hydrogen-bond acceptors (Lipinski definition) is 3. The summed E-state index contributed by atoms with van der Waals surface area (Å²) < 4.78 is 7.20. The first-order chi connectivity index (χ1) is 9.36. The van der Waals surface area contributed by atoms with E-state index in [0.717, 1.165) is 0 Å². The summed E-state index contributed by atoms with van der Waals surface area (Å²) in [5, 5.41) is 4.25. The van der Waals surface area contributed by atoms with E-state index in [0.29, 0.717) is 25.9 Å². The summed E-state index contributed by atoms with van der Waals surface area (Å²) in [6.45, 7) is 6.76. The predicted octanol–water partition coefficient (Wildman–Crippen LogP) is 2.24. The summed E-state index contributed by atoms with van der Waals surface area (Å²) in [6, 6.07) is 1.86. The molecule has 1 aliphatic rings. The van der Waals surface area contributed by atoms with Gasteiger partial charge in [-0.25, -0.2) is 4.79 Å². The van der Waals surface area contributed by atoms with E-state index in [-0.39, 0.29) is 6.09 Å². The quantitative estimate of drug-likeness (QED) is 0.738. The Morgan fingerprint density at radius 2 is 2.05 bits per heavy atom. The van der Waals surface area contributed by atoms with E-state index in [1.807, 2.05) is 37.7 Å². The Kier molecular flexibility index (Phi) is 3.76. The van der Waals surface area contributed by atoms with Crippen molar-refractivity contribution in [1.29, 1.82) is 0 Å². The van der Waals surface area contributed by atoms with Gasteiger partial charge in [0.1, 0.15) is 11.1 Å². The van der Waals surface area contributed by atoms with Crippen molar-refractivity contribution in [1.82, 2.24) is 14.7 Å². The molecule has 108 valence electrons. The van der Waals surface area contributed by atoms with Crippen LogP contribution in [0.2, 0.25) is 0 Å². The van der Waals surface area contributed by atoms with Crippen LogP contribution in [0.15, 0.2) is 18.5 Å². The zero-order valence-corrected chi connectivity index (χ0v) is 12.3. The van der Waals surface area contributed by atoms with E-state index < -0.39 is 11.1 Å². The molecule has 0 saturated carbocycles. The number of piperidine rings is 1. The third kappa shape index (κ3) is 2.96. The summed E-state index contributed by atoms with van der Waals surface area (Å²) in [5.74, 6) is 2.85. The summed E-state index contributed by atoms with van der Waals surface area (Å²) >= 11 is 0. The van der Waals surface area contributed by atoms with Gasteiger partial charge in [-0.1, -0.05) is 5.92 Å². The van der Waals surface area contributed by atoms with E-state index >= 15 is 0 Å². The van der Waals surface area contributed by atoms with Gasteiger partial charge in [0.2, 0.25) is 0 Å². The van der Waals surface area contributed by atoms with E-state index in [1.54, 1.807) is 11.1 Å². The van der Waals surface area contributed by atoms with E-state index in [2.05, 4.69) is 11.0 Å². The highest BCUT2D eigenvalue weighted by atomic mass is 16.6. The lowest BCUT2D eigenvalue weighted by molar-refractivity contribution is 0.0150. The number of hydrogen-bond donors (Lipinski definition) is 0. The maximum atomic E-state index is 12.0. The number of ether oxygens (including phenoxy) is 1. The minimum atomic E-state index is -0.473. The van der Waals surface area contributed by atoms with Crippen LogP contribution in [-0.4, -0.2) is 39.5 Å². The highest BCUT2D eigenvalue weighted by molar-refractivity contribution is 5.68. The number of carbonyl (C=O) groups is 1. The van der Waals surface area contributed by atoms with Gasteiger partial charge in [-0.3, -0.25) is 4.68 Å². The SMILES string of the molecule is C#CC1(n2cccn2)CCN(C(=O)OC(C)(C)C)CC1. The fourth-order valence-electron chi connectivity index (χ4n) is 2.35. The molecule has 1 fully saturated rings. The molecule has 1 aromatic rings. The molecule has 1 aromatic heterocycles. The molecule has 5 heteroatoms. The third-order valence-corrected chi connectivity index (χ3v) is 3.45. The van der Waals surface area contributed by atoms with Crippen molar-refractivity contribution in [3.05, 3.63) is 18.5 Å². The van der Waals surface area contributed by atoms with Gasteiger partial charge < -0.3 is 9.64 Å². The predicted molar refractivity (Wildman–Crippen MR) is 76.1 cm³/mol. The topological polar surface area (TPSA) is 47.4 Å². The molecule has 0 N–H and O–H groups in total. The largest absolute Gasteiger partial charge is 0.444 e. The highest BCUT2D eigenvalue weighted by Crippen LogP contribution is 2.29. The van der Waals surface area contributed by atoms with Crippen molar-refractivity contribution >= 4 is 6.09 Å². The first-order valence-corrected chi connectivity index (χ1v) is 6.82. The molecule has 20 heavy (non-hydrogen) atoms. The Labute approximate surface area is 119 Å². The number of rotatable bonds is 1. The lowest BCUT2D eigenvalue weighted by Crippen LogP contribution is -2.48. The second-order valence-corrected chi connectivity index (χ2v) is 6.09. The fourth-order valence-corrected chi connectivity index (χ4v) is 2.35. The van der Waals surface area contributed by atoms with Gasteiger partial charge in [0, 0.05) is 38.3 Å². The second-order valence-electron chi connectivity index (χ2n) is 6.09. The van der Waals surface area contributed by atoms with Crippen LogP contribution in [0.3, 0.4) is 0 Å². The van der Waals surface area contributed by atoms with Gasteiger partial charge in [0.05, 0.1) is 0 Å². The van der Waals surface area contributed by atoms with E-state index in [9.17, 15) is 4.79 Å². The van der Waals surface area contributed by atoms with Crippen LogP contribution in [0.5, 0.6) is 0 Å². The molecule has 0 spiro atoms. The van der Waals surface area contributed by atoms with Crippen molar-refractivity contribution in [3.8, 4) is 12.3 Å². The summed E-state index contributed by atoms with van der Waals surface area (Å²) in [7, 11) is 0. The van der Waals surface area contributed by atoms with Crippen LogP contribution in [0, 0.1) is 12.3 Å². The fraction of sp³-hybridized carbons (Fsp3) is 0.600. The van der Waals surface area contributed by atoms with Crippen LogP contribution in [0.4, 0.5) is 4.79 Å². The zero-order chi connectivity index (χ0) is 14.8. The molecule has 0 aromatic carbocycles. The van der Waals surface area contributed by atoms with Gasteiger partial charge in [-0.15, -0.1) is 6.42 Å². The Bertz CT molecular complexity index is 500. The van der Waals surface area contributed by atoms with Crippen molar-refractivity contribution in [2.75, 3.05) is 13.1 Å². The first-order valence-electron chi connectivity index (χ1n) is 6.82. The molecule has 1 saturated heterocycles. The number of likely N-dealkylation sites (tertiary alicyclic amines) is 1. The number of amides is 1. The summed E-state index contributed by atoms with van der Waals surface area (Å²) in [4.78, 5) is 13.7. The molecule has 1 aliphatic heterocycles. The van der Waals surface area contributed by atoms with Crippen LogP contribution >= 0.6 is 0 Å². The standard InChI is InChI=1S/C15H21N3O2/c1-5-15(18-10-6-9-16-18)7-11-17(12-8-15)13(19)20-14(2,3)4/h1,6,9-10H,7-8,11-12H2,2-4H3. The molecule has 0 aliphatic carbocycles. The van der Waals surface area contributed by atoms with Crippen molar-refractivity contribution in [2.24, 2.45) is 0 Å². The van der Waals surface area contributed by atoms with Crippen LogP contribution in [-0.2, 0) is 10.3 Å². The van der Waals surface area contributed by atoms with Gasteiger partial charge in [0.15, 0.2) is 0 Å².